The van der Waals surface area contributed by atoms with Crippen molar-refractivity contribution in [2.75, 3.05) is 27.4 Å². The van der Waals surface area contributed by atoms with Crippen LogP contribution in [0, 0.1) is 0 Å². The number of amides is 2. The van der Waals surface area contributed by atoms with E-state index in [2.05, 4.69) is 15.7 Å². The van der Waals surface area contributed by atoms with Crippen LogP contribution in [-0.4, -0.2) is 55.1 Å². The zero-order valence-corrected chi connectivity index (χ0v) is 15.2. The van der Waals surface area contributed by atoms with Crippen molar-refractivity contribution in [1.29, 1.82) is 0 Å². The van der Waals surface area contributed by atoms with Gasteiger partial charge >= 0.3 is 0 Å². The molecule has 0 radical (unpaired) electrons. The molecule has 1 saturated heterocycles. The van der Waals surface area contributed by atoms with E-state index in [0.717, 1.165) is 0 Å². The first-order valence-electron chi connectivity index (χ1n) is 8.50. The number of hydrogen-bond donors (Lipinski definition) is 2. The third-order valence-corrected chi connectivity index (χ3v) is 4.24. The highest BCUT2D eigenvalue weighted by Gasteiger charge is 2.36. The molecule has 144 valence electrons. The molecule has 9 nitrogen and oxygen atoms in total. The Labute approximate surface area is 156 Å². The van der Waals surface area contributed by atoms with Gasteiger partial charge < -0.3 is 24.8 Å². The average Bonchev–Trinajstić information content (AvgIpc) is 3.20. The highest BCUT2D eigenvalue weighted by molar-refractivity contribution is 5.86. The molecule has 2 N–H and O–H groups in total. The number of aromatic nitrogens is 2. The Morgan fingerprint density at radius 2 is 2.19 bits per heavy atom. The summed E-state index contributed by atoms with van der Waals surface area (Å²) >= 11 is 0. The Morgan fingerprint density at radius 1 is 1.37 bits per heavy atom. The predicted octanol–water partition coefficient (Wildman–Crippen LogP) is 0.273. The number of rotatable bonds is 7. The zero-order valence-electron chi connectivity index (χ0n) is 15.2. The smallest absolute Gasteiger partial charge is 0.251 e. The standard InChI is InChI=1S/C18H22N4O5/c1-25-13-5-4-12(10-14(13)26-2)16-17(27-11-15(23)21-16)18(24)19-7-9-22-8-3-6-20-22/h3-6,8,10,16-17H,7,9,11H2,1-2H3,(H,19,24)(H,21,23)/t16-,17+/m1/s1. The topological polar surface area (TPSA) is 104 Å². The molecule has 2 amide bonds. The van der Waals surface area contributed by atoms with Crippen LogP contribution < -0.4 is 20.1 Å². The molecule has 0 bridgehead atoms. The number of ether oxygens (including phenoxy) is 3. The van der Waals surface area contributed by atoms with Crippen LogP contribution in [0.5, 0.6) is 11.5 Å². The fourth-order valence-electron chi connectivity index (χ4n) is 2.91. The molecular formula is C18H22N4O5. The highest BCUT2D eigenvalue weighted by Crippen LogP contribution is 2.32. The molecular weight excluding hydrogens is 352 g/mol. The van der Waals surface area contributed by atoms with E-state index in [0.29, 0.717) is 30.2 Å². The molecule has 9 heteroatoms. The van der Waals surface area contributed by atoms with Crippen LogP contribution in [0.25, 0.3) is 0 Å². The Kier molecular flexibility index (Phi) is 5.92. The van der Waals surface area contributed by atoms with Crippen molar-refractivity contribution in [1.82, 2.24) is 20.4 Å². The second-order valence-corrected chi connectivity index (χ2v) is 5.95. The largest absolute Gasteiger partial charge is 0.493 e. The summed E-state index contributed by atoms with van der Waals surface area (Å²) < 4.78 is 17.8. The van der Waals surface area contributed by atoms with Crippen molar-refractivity contribution >= 4 is 11.8 Å². The molecule has 2 aromatic rings. The van der Waals surface area contributed by atoms with Gasteiger partial charge in [0.25, 0.3) is 5.91 Å². The SMILES string of the molecule is COc1ccc([C@H]2NC(=O)CO[C@@H]2C(=O)NCCn2cccn2)cc1OC. The Balaban J connectivity index is 1.72. The molecule has 0 saturated carbocycles. The van der Waals surface area contributed by atoms with Gasteiger partial charge in [0.15, 0.2) is 17.6 Å². The van der Waals surface area contributed by atoms with E-state index in [9.17, 15) is 9.59 Å². The molecule has 2 atom stereocenters. The van der Waals surface area contributed by atoms with Crippen LogP contribution in [0.2, 0.25) is 0 Å². The Hall–Kier alpha value is -3.07. The lowest BCUT2D eigenvalue weighted by molar-refractivity contribution is -0.148. The minimum absolute atomic E-state index is 0.166. The van der Waals surface area contributed by atoms with Gasteiger partial charge in [-0.25, -0.2) is 0 Å². The molecule has 1 aliphatic rings. The minimum Gasteiger partial charge on any atom is -0.493 e. The summed E-state index contributed by atoms with van der Waals surface area (Å²) in [5, 5.41) is 9.73. The number of nitrogens with zero attached hydrogens (tertiary/aromatic N) is 2. The first-order chi connectivity index (χ1) is 13.1. The lowest BCUT2D eigenvalue weighted by Crippen LogP contribution is -2.52. The van der Waals surface area contributed by atoms with Crippen LogP contribution >= 0.6 is 0 Å². The molecule has 2 heterocycles. The molecule has 1 fully saturated rings. The maximum absolute atomic E-state index is 12.6. The summed E-state index contributed by atoms with van der Waals surface area (Å²) in [5.74, 6) is 0.481. The number of carbonyl (C=O) groups is 2. The zero-order chi connectivity index (χ0) is 19.2. The number of hydrogen-bond acceptors (Lipinski definition) is 6. The molecule has 27 heavy (non-hydrogen) atoms. The van der Waals surface area contributed by atoms with Gasteiger partial charge in [-0.05, 0) is 23.8 Å². The van der Waals surface area contributed by atoms with Gasteiger partial charge in [0.2, 0.25) is 5.91 Å². The fourth-order valence-corrected chi connectivity index (χ4v) is 2.91. The van der Waals surface area contributed by atoms with E-state index in [1.54, 1.807) is 36.2 Å². The molecule has 1 aromatic carbocycles. The Morgan fingerprint density at radius 3 is 2.89 bits per heavy atom. The molecule has 1 aliphatic heterocycles. The number of methoxy groups -OCH3 is 2. The fraction of sp³-hybridized carbons (Fsp3) is 0.389. The third-order valence-electron chi connectivity index (χ3n) is 4.24. The van der Waals surface area contributed by atoms with Crippen molar-refractivity contribution in [2.24, 2.45) is 0 Å². The molecule has 3 rings (SSSR count). The minimum atomic E-state index is -0.849. The van der Waals surface area contributed by atoms with Crippen LogP contribution in [-0.2, 0) is 20.9 Å². The molecule has 1 aromatic heterocycles. The highest BCUT2D eigenvalue weighted by atomic mass is 16.5. The third kappa shape index (κ3) is 4.37. The van der Waals surface area contributed by atoms with Gasteiger partial charge in [0, 0.05) is 18.9 Å². The lowest BCUT2D eigenvalue weighted by atomic mass is 9.98. The van der Waals surface area contributed by atoms with Crippen LogP contribution in [0.15, 0.2) is 36.7 Å². The van der Waals surface area contributed by atoms with Crippen molar-refractivity contribution < 1.29 is 23.8 Å². The normalized spacial score (nSPS) is 19.3. The van der Waals surface area contributed by atoms with Crippen LogP contribution in [0.3, 0.4) is 0 Å². The van der Waals surface area contributed by atoms with Crippen molar-refractivity contribution in [3.63, 3.8) is 0 Å². The summed E-state index contributed by atoms with van der Waals surface area (Å²) in [4.78, 5) is 24.4. The quantitative estimate of drug-likeness (QED) is 0.721. The summed E-state index contributed by atoms with van der Waals surface area (Å²) in [6, 6.07) is 6.40. The van der Waals surface area contributed by atoms with E-state index in [4.69, 9.17) is 14.2 Å². The van der Waals surface area contributed by atoms with Crippen LogP contribution in [0.4, 0.5) is 0 Å². The summed E-state index contributed by atoms with van der Waals surface area (Å²) in [7, 11) is 3.07. The van der Waals surface area contributed by atoms with Gasteiger partial charge in [0.05, 0.1) is 26.8 Å². The second kappa shape index (κ2) is 8.54. The van der Waals surface area contributed by atoms with Gasteiger partial charge in [0.1, 0.15) is 6.61 Å². The summed E-state index contributed by atoms with van der Waals surface area (Å²) in [6.07, 6.45) is 2.64. The van der Waals surface area contributed by atoms with Gasteiger partial charge in [-0.3, -0.25) is 14.3 Å². The second-order valence-electron chi connectivity index (χ2n) is 5.95. The van der Waals surface area contributed by atoms with Crippen molar-refractivity contribution in [3.8, 4) is 11.5 Å². The van der Waals surface area contributed by atoms with Crippen LogP contribution in [0.1, 0.15) is 11.6 Å². The first-order valence-corrected chi connectivity index (χ1v) is 8.50. The van der Waals surface area contributed by atoms with Gasteiger partial charge in [-0.2, -0.15) is 5.10 Å². The lowest BCUT2D eigenvalue weighted by Gasteiger charge is -2.32. The predicted molar refractivity (Wildman–Crippen MR) is 95.4 cm³/mol. The number of benzene rings is 1. The van der Waals surface area contributed by atoms with Crippen molar-refractivity contribution in [3.05, 3.63) is 42.2 Å². The van der Waals surface area contributed by atoms with E-state index >= 15 is 0 Å². The average molecular weight is 374 g/mol. The van der Waals surface area contributed by atoms with Crippen molar-refractivity contribution in [2.45, 2.75) is 18.7 Å². The van der Waals surface area contributed by atoms with E-state index in [1.807, 2.05) is 12.3 Å². The summed E-state index contributed by atoms with van der Waals surface area (Å²) in [6.45, 7) is 0.771. The molecule has 0 aliphatic carbocycles. The van der Waals surface area contributed by atoms with E-state index < -0.39 is 12.1 Å². The van der Waals surface area contributed by atoms with Gasteiger partial charge in [-0.1, -0.05) is 6.07 Å². The maximum atomic E-state index is 12.6. The van der Waals surface area contributed by atoms with E-state index in [1.165, 1.54) is 7.11 Å². The molecule has 0 spiro atoms. The number of morpholine rings is 1. The maximum Gasteiger partial charge on any atom is 0.251 e. The van der Waals surface area contributed by atoms with Gasteiger partial charge in [-0.15, -0.1) is 0 Å². The number of nitrogens with one attached hydrogen (secondary N) is 2. The Bertz CT molecular complexity index is 793. The first kappa shape index (κ1) is 18.7. The van der Waals surface area contributed by atoms with E-state index in [-0.39, 0.29) is 18.4 Å². The molecule has 0 unspecified atom stereocenters. The summed E-state index contributed by atoms with van der Waals surface area (Å²) in [5.41, 5.74) is 0.688. The number of carbonyl (C=O) groups excluding carboxylic acids is 2. The monoisotopic (exact) mass is 374 g/mol.